The summed E-state index contributed by atoms with van der Waals surface area (Å²) >= 11 is 0. The van der Waals surface area contributed by atoms with E-state index in [0.29, 0.717) is 70.3 Å². The average Bonchev–Trinajstić information content (AvgIpc) is 3.70. The van der Waals surface area contributed by atoms with Gasteiger partial charge in [0.1, 0.15) is 18.4 Å². The zero-order valence-corrected chi connectivity index (χ0v) is 30.9. The first kappa shape index (κ1) is 36.1. The molecule has 1 amide bonds. The second-order valence-corrected chi connectivity index (χ2v) is 18.1. The summed E-state index contributed by atoms with van der Waals surface area (Å²) < 4.78 is 17.8. The highest BCUT2D eigenvalue weighted by Gasteiger charge is 2.73. The smallest absolute Gasteiger partial charge is 0.240 e. The van der Waals surface area contributed by atoms with Crippen molar-refractivity contribution >= 4 is 11.7 Å². The SMILES string of the molecule is COCCCO[C@H]1CC[C@@]2(C)[C@@H](C1)C(=O)C=C1[C@]3(O)CC[C@@H]4[C@](C)(O)[C@H](O)[C@H]5O[C@H]6[C@H](C[C@H](N[C@H]6O)C(=O)N6C[C@@H]6CC#C[C@]12CC[C@]43C)[C@H]5C. The van der Waals surface area contributed by atoms with Crippen molar-refractivity contribution in [2.24, 2.45) is 39.9 Å². The van der Waals surface area contributed by atoms with Crippen LogP contribution in [0, 0.1) is 51.8 Å². The maximum Gasteiger partial charge on any atom is 0.240 e. The van der Waals surface area contributed by atoms with Crippen LogP contribution in [0.5, 0.6) is 0 Å². The molecule has 51 heavy (non-hydrogen) atoms. The maximum absolute atomic E-state index is 14.3. The molecule has 11 nitrogen and oxygen atoms in total. The number of rotatable bonds is 5. The summed E-state index contributed by atoms with van der Waals surface area (Å²) in [5, 5.41) is 51.9. The molecule has 0 aromatic rings. The lowest BCUT2D eigenvalue weighted by Gasteiger charge is -2.64. The van der Waals surface area contributed by atoms with Gasteiger partial charge in [0.05, 0.1) is 40.9 Å². The predicted molar refractivity (Wildman–Crippen MR) is 186 cm³/mol. The molecule has 6 fully saturated rings. The number of amides is 1. The largest absolute Gasteiger partial charge is 0.387 e. The van der Waals surface area contributed by atoms with Crippen LogP contribution in [0.3, 0.4) is 0 Å². The Labute approximate surface area is 301 Å². The molecule has 7 bridgehead atoms. The minimum absolute atomic E-state index is 0.00454. The summed E-state index contributed by atoms with van der Waals surface area (Å²) in [6, 6.07) is -0.617. The van der Waals surface area contributed by atoms with Gasteiger partial charge in [0.15, 0.2) is 5.78 Å². The summed E-state index contributed by atoms with van der Waals surface area (Å²) in [5.41, 5.74) is -4.60. The van der Waals surface area contributed by atoms with Crippen LogP contribution in [-0.4, -0.2) is 118 Å². The van der Waals surface area contributed by atoms with Crippen LogP contribution in [0.1, 0.15) is 91.9 Å². The van der Waals surface area contributed by atoms with Crippen molar-refractivity contribution in [2.75, 3.05) is 26.9 Å². The highest BCUT2D eigenvalue weighted by Crippen LogP contribution is 2.73. The van der Waals surface area contributed by atoms with Crippen LogP contribution < -0.4 is 5.32 Å². The number of methoxy groups -OCH3 is 1. The Kier molecular flexibility index (Phi) is 8.72. The van der Waals surface area contributed by atoms with E-state index in [1.807, 2.05) is 18.7 Å². The Balaban J connectivity index is 1.20. The molecule has 3 saturated carbocycles. The van der Waals surface area contributed by atoms with Gasteiger partial charge in [-0.1, -0.05) is 26.7 Å². The molecule has 0 radical (unpaired) electrons. The van der Waals surface area contributed by atoms with Gasteiger partial charge in [-0.05, 0) is 99.5 Å². The van der Waals surface area contributed by atoms with Crippen LogP contribution in [-0.2, 0) is 23.8 Å². The lowest BCUT2D eigenvalue weighted by molar-refractivity contribution is -0.204. The molecule has 11 heteroatoms. The maximum atomic E-state index is 14.3. The van der Waals surface area contributed by atoms with E-state index in [4.69, 9.17) is 14.2 Å². The van der Waals surface area contributed by atoms with E-state index in [-0.39, 0.29) is 41.6 Å². The molecule has 1 spiro atoms. The van der Waals surface area contributed by atoms with Gasteiger partial charge in [-0.15, -0.1) is 5.92 Å². The molecule has 0 aromatic carbocycles. The normalized spacial score (nSPS) is 53.0. The highest BCUT2D eigenvalue weighted by molar-refractivity contribution is 5.95. The number of nitrogens with one attached hydrogen (secondary N) is 1. The van der Waals surface area contributed by atoms with Crippen molar-refractivity contribution in [3.63, 3.8) is 0 Å². The van der Waals surface area contributed by atoms with E-state index in [2.05, 4.69) is 24.1 Å². The van der Waals surface area contributed by atoms with Gasteiger partial charge in [-0.3, -0.25) is 14.9 Å². The lowest BCUT2D eigenvalue weighted by atomic mass is 9.39. The molecule has 5 aliphatic heterocycles. The van der Waals surface area contributed by atoms with Crippen molar-refractivity contribution in [3.05, 3.63) is 11.6 Å². The fraction of sp³-hybridized carbons (Fsp3) is 0.850. The van der Waals surface area contributed by atoms with Crippen molar-refractivity contribution in [1.29, 1.82) is 0 Å². The van der Waals surface area contributed by atoms with Gasteiger partial charge in [0.2, 0.25) is 5.91 Å². The topological polar surface area (TPSA) is 158 Å². The van der Waals surface area contributed by atoms with Gasteiger partial charge in [-0.2, -0.15) is 0 Å². The van der Waals surface area contributed by atoms with Crippen molar-refractivity contribution < 1.29 is 44.2 Å². The minimum atomic E-state index is -1.66. The third-order valence-corrected chi connectivity index (χ3v) is 15.8. The van der Waals surface area contributed by atoms with Gasteiger partial charge in [-0.25, -0.2) is 0 Å². The van der Waals surface area contributed by atoms with E-state index in [1.54, 1.807) is 20.1 Å². The first-order valence-corrected chi connectivity index (χ1v) is 19.5. The monoisotopic (exact) mass is 710 g/mol. The summed E-state index contributed by atoms with van der Waals surface area (Å²) in [6.07, 6.45) is 3.68. The molecule has 9 aliphatic rings. The molecule has 3 saturated heterocycles. The van der Waals surface area contributed by atoms with Crippen molar-refractivity contribution in [2.45, 2.75) is 146 Å². The Morgan fingerprint density at radius 1 is 1.02 bits per heavy atom. The van der Waals surface area contributed by atoms with Crippen molar-refractivity contribution in [1.82, 2.24) is 10.2 Å². The number of allylic oxidation sites excluding steroid dienone is 1. The molecular formula is C40H58N2O9. The second kappa shape index (κ2) is 12.3. The number of carbonyl (C=O) groups excluding carboxylic acids is 2. The number of piperidine rings is 1. The van der Waals surface area contributed by atoms with Gasteiger partial charge in [0, 0.05) is 44.6 Å². The Hall–Kier alpha value is -1.88. The molecule has 0 aromatic heterocycles. The number of ketones is 1. The number of hydrogen-bond acceptors (Lipinski definition) is 10. The summed E-state index contributed by atoms with van der Waals surface area (Å²) in [6.45, 7) is 9.63. The standard InChI is InChI=1S/C40H58N2O9/c1-22-25-19-27-35(46)42-21-23(42)8-6-11-39-15-14-37(3)29(38(4,47)33(44)31(22)51-32(25)34(45)41-27)10-13-40(37,48)30(39)20-28(43)26-18-24(9-12-36(26,39)2)50-17-7-16-49-5/h20,22-27,29,31-34,41,44-45,47-48H,7-10,12-19,21H2,1-5H3/t22-,23+,24+,25-,26+,27+,29+,31+,32+,33-,34+,36+,37-,38+,39+,40-,42?/m1/s1. The fourth-order valence-electron chi connectivity index (χ4n) is 12.6. The fourth-order valence-corrected chi connectivity index (χ4v) is 12.6. The average molecular weight is 711 g/mol. The van der Waals surface area contributed by atoms with E-state index in [0.717, 1.165) is 19.3 Å². The van der Waals surface area contributed by atoms with Crippen LogP contribution in [0.2, 0.25) is 0 Å². The van der Waals surface area contributed by atoms with E-state index >= 15 is 0 Å². The molecule has 282 valence electrons. The van der Waals surface area contributed by atoms with Crippen LogP contribution in [0.25, 0.3) is 0 Å². The molecule has 9 rings (SSSR count). The zero-order chi connectivity index (χ0) is 36.3. The summed E-state index contributed by atoms with van der Waals surface area (Å²) in [7, 11) is 1.68. The van der Waals surface area contributed by atoms with Gasteiger partial charge in [0.25, 0.3) is 0 Å². The number of ether oxygens (including phenoxy) is 3. The Bertz CT molecular complexity index is 1540. The molecule has 5 heterocycles. The second-order valence-electron chi connectivity index (χ2n) is 18.1. The molecule has 4 aliphatic carbocycles. The Morgan fingerprint density at radius 2 is 1.80 bits per heavy atom. The van der Waals surface area contributed by atoms with Gasteiger partial charge >= 0.3 is 0 Å². The van der Waals surface area contributed by atoms with E-state index in [1.165, 1.54) is 0 Å². The van der Waals surface area contributed by atoms with Crippen LogP contribution in [0.4, 0.5) is 0 Å². The highest BCUT2D eigenvalue weighted by atomic mass is 16.5. The van der Waals surface area contributed by atoms with Crippen LogP contribution >= 0.6 is 0 Å². The van der Waals surface area contributed by atoms with Crippen LogP contribution in [0.15, 0.2) is 11.6 Å². The molecular weight excluding hydrogens is 652 g/mol. The third kappa shape index (κ3) is 5.07. The quantitative estimate of drug-likeness (QED) is 0.163. The number of carbonyl (C=O) groups is 2. The number of hydrogen-bond donors (Lipinski definition) is 5. The van der Waals surface area contributed by atoms with Crippen molar-refractivity contribution in [3.8, 4) is 11.8 Å². The van der Waals surface area contributed by atoms with E-state index in [9.17, 15) is 30.0 Å². The summed E-state index contributed by atoms with van der Waals surface area (Å²) in [5.74, 6) is 5.95. The lowest BCUT2D eigenvalue weighted by Crippen LogP contribution is -2.66. The number of aliphatic hydroxyl groups is 4. The Morgan fingerprint density at radius 3 is 2.57 bits per heavy atom. The molecule has 0 unspecified atom stereocenters. The number of aliphatic hydroxyl groups excluding tert-OH is 2. The molecule has 5 N–H and O–H groups in total. The third-order valence-electron chi connectivity index (χ3n) is 15.8. The van der Waals surface area contributed by atoms with E-state index < -0.39 is 63.9 Å². The zero-order valence-electron chi connectivity index (χ0n) is 30.9. The molecule has 16 atom stereocenters. The first-order chi connectivity index (χ1) is 24.1. The number of fused-ring (bicyclic) bond motifs is 4. The van der Waals surface area contributed by atoms with Gasteiger partial charge < -0.3 is 39.5 Å². The first-order valence-electron chi connectivity index (χ1n) is 19.5. The predicted octanol–water partition coefficient (Wildman–Crippen LogP) is 2.08. The number of nitrogens with zero attached hydrogens (tertiary/aromatic N) is 1. The minimum Gasteiger partial charge on any atom is -0.387 e. The summed E-state index contributed by atoms with van der Waals surface area (Å²) in [4.78, 5) is 29.9.